The first-order valence-corrected chi connectivity index (χ1v) is 12.4. The van der Waals surface area contributed by atoms with Gasteiger partial charge in [-0.3, -0.25) is 9.97 Å². The summed E-state index contributed by atoms with van der Waals surface area (Å²) in [5.74, 6) is 0. The van der Waals surface area contributed by atoms with Crippen LogP contribution in [0.5, 0.6) is 0 Å². The maximum Gasteiger partial charge on any atom is 0.0716 e. The van der Waals surface area contributed by atoms with E-state index in [-0.39, 0.29) is 0 Å². The second-order valence-corrected chi connectivity index (χ2v) is 10.3. The van der Waals surface area contributed by atoms with E-state index in [0.29, 0.717) is 0 Å². The quantitative estimate of drug-likeness (QED) is 0.253. The molecule has 4 heterocycles. The van der Waals surface area contributed by atoms with Crippen LogP contribution in [0.15, 0.2) is 79.3 Å². The van der Waals surface area contributed by atoms with E-state index in [0.717, 1.165) is 25.7 Å². The Bertz CT molecular complexity index is 1760. The third-order valence-electron chi connectivity index (χ3n) is 8.41. The Morgan fingerprint density at radius 1 is 0.543 bits per heavy atom. The van der Waals surface area contributed by atoms with Crippen LogP contribution in [0.25, 0.3) is 22.3 Å². The third-order valence-corrected chi connectivity index (χ3v) is 8.41. The molecule has 2 aliphatic heterocycles. The molecule has 2 aromatic heterocycles. The van der Waals surface area contributed by atoms with Crippen LogP contribution in [0.2, 0.25) is 0 Å². The molecular weight excluding hydrogens is 426 g/mol. The second kappa shape index (κ2) is 6.25. The highest BCUT2D eigenvalue weighted by molar-refractivity contribution is 5.92. The summed E-state index contributed by atoms with van der Waals surface area (Å²) in [4.78, 5) is 11.7. The fraction of sp³-hybridized carbons (Fsp3) is 0.125. The molecule has 3 nitrogen and oxygen atoms in total. The second-order valence-electron chi connectivity index (χ2n) is 10.3. The number of nitrogens with zero attached hydrogens (tertiary/aromatic N) is 3. The van der Waals surface area contributed by atoms with Gasteiger partial charge in [-0.05, 0) is 110 Å². The van der Waals surface area contributed by atoms with Crippen LogP contribution in [0.1, 0.15) is 44.6 Å². The summed E-state index contributed by atoms with van der Waals surface area (Å²) in [5.41, 5.74) is 20.5. The van der Waals surface area contributed by atoms with Gasteiger partial charge in [-0.15, -0.1) is 0 Å². The van der Waals surface area contributed by atoms with Crippen LogP contribution < -0.4 is 4.90 Å². The molecule has 9 rings (SSSR count). The van der Waals surface area contributed by atoms with Crippen molar-refractivity contribution in [3.8, 4) is 22.3 Å². The van der Waals surface area contributed by atoms with Gasteiger partial charge in [0, 0.05) is 25.2 Å². The molecule has 0 atom stereocenters. The Kier molecular flexibility index (Phi) is 3.24. The minimum absolute atomic E-state index is 0.871. The number of fused-ring (bicyclic) bond motifs is 10. The molecule has 5 aromatic rings. The molecule has 2 aliphatic carbocycles. The lowest BCUT2D eigenvalue weighted by molar-refractivity contribution is 0.952. The lowest BCUT2D eigenvalue weighted by Gasteiger charge is -2.38. The number of pyridine rings is 2. The Balaban J connectivity index is 1.23. The first-order chi connectivity index (χ1) is 17.3. The standard InChI is InChI=1S/C32H21N3/c1-2-4-25-18(3-1)9-21-13-27-22(12-26(21)25)11-23-16-30-24(14-28(23)27)10-20-6-8-34-29-15-19-5-7-33-17-31(19)35(30)32(20)29/h1-8,12-14,16-17H,9-11,15H2. The molecule has 4 aliphatic rings. The number of benzene rings is 3. The van der Waals surface area contributed by atoms with E-state index in [2.05, 4.69) is 70.5 Å². The van der Waals surface area contributed by atoms with Crippen molar-refractivity contribution in [3.63, 3.8) is 0 Å². The van der Waals surface area contributed by atoms with E-state index in [1.54, 1.807) is 0 Å². The van der Waals surface area contributed by atoms with Crippen LogP contribution in [-0.2, 0) is 25.7 Å². The molecule has 3 heteroatoms. The molecule has 0 spiro atoms. The van der Waals surface area contributed by atoms with Gasteiger partial charge in [0.25, 0.3) is 0 Å². The minimum Gasteiger partial charge on any atom is -0.306 e. The average Bonchev–Trinajstić information content (AvgIpc) is 3.43. The van der Waals surface area contributed by atoms with E-state index in [1.807, 2.05) is 18.6 Å². The van der Waals surface area contributed by atoms with E-state index in [9.17, 15) is 0 Å². The van der Waals surface area contributed by atoms with Gasteiger partial charge in [0.1, 0.15) is 0 Å². The molecule has 0 bridgehead atoms. The number of aromatic nitrogens is 2. The summed E-state index contributed by atoms with van der Waals surface area (Å²) >= 11 is 0. The number of rotatable bonds is 0. The first kappa shape index (κ1) is 18.1. The van der Waals surface area contributed by atoms with Crippen molar-refractivity contribution >= 4 is 17.1 Å². The zero-order valence-corrected chi connectivity index (χ0v) is 19.2. The van der Waals surface area contributed by atoms with Crippen LogP contribution in [0, 0.1) is 0 Å². The maximum absolute atomic E-state index is 4.78. The normalized spacial score (nSPS) is 14.9. The van der Waals surface area contributed by atoms with Gasteiger partial charge in [0.15, 0.2) is 0 Å². The molecule has 3 aromatic carbocycles. The minimum atomic E-state index is 0.871. The summed E-state index contributed by atoms with van der Waals surface area (Å²) < 4.78 is 0. The smallest absolute Gasteiger partial charge is 0.0716 e. The van der Waals surface area contributed by atoms with Crippen molar-refractivity contribution in [2.24, 2.45) is 0 Å². The molecule has 0 unspecified atom stereocenters. The van der Waals surface area contributed by atoms with Gasteiger partial charge in [0.2, 0.25) is 0 Å². The van der Waals surface area contributed by atoms with Crippen molar-refractivity contribution < 1.29 is 0 Å². The fourth-order valence-electron chi connectivity index (χ4n) is 6.86. The van der Waals surface area contributed by atoms with Crippen molar-refractivity contribution in [2.75, 3.05) is 4.90 Å². The summed E-state index contributed by atoms with van der Waals surface area (Å²) in [5, 5.41) is 0. The third kappa shape index (κ3) is 2.30. The van der Waals surface area contributed by atoms with E-state index >= 15 is 0 Å². The Hall–Kier alpha value is -4.24. The van der Waals surface area contributed by atoms with Crippen molar-refractivity contribution in [1.82, 2.24) is 9.97 Å². The van der Waals surface area contributed by atoms with Gasteiger partial charge < -0.3 is 4.90 Å². The van der Waals surface area contributed by atoms with E-state index < -0.39 is 0 Å². The lowest BCUT2D eigenvalue weighted by atomic mass is 9.88. The number of hydrogen-bond acceptors (Lipinski definition) is 3. The number of anilines is 3. The molecular formula is C32H21N3. The zero-order valence-electron chi connectivity index (χ0n) is 19.2. The Morgan fingerprint density at radius 2 is 1.26 bits per heavy atom. The molecule has 0 N–H and O–H groups in total. The molecule has 164 valence electrons. The molecule has 0 amide bonds. The highest BCUT2D eigenvalue weighted by Crippen LogP contribution is 2.52. The van der Waals surface area contributed by atoms with Crippen LogP contribution in [-0.4, -0.2) is 9.97 Å². The van der Waals surface area contributed by atoms with Crippen molar-refractivity contribution in [3.05, 3.63) is 124 Å². The van der Waals surface area contributed by atoms with Crippen molar-refractivity contribution in [2.45, 2.75) is 25.7 Å². The Labute approximate surface area is 203 Å². The summed E-state index contributed by atoms with van der Waals surface area (Å²) in [6.07, 6.45) is 9.76. The summed E-state index contributed by atoms with van der Waals surface area (Å²) in [6.45, 7) is 0. The van der Waals surface area contributed by atoms with Gasteiger partial charge in [-0.25, -0.2) is 0 Å². The van der Waals surface area contributed by atoms with Crippen molar-refractivity contribution in [1.29, 1.82) is 0 Å². The zero-order chi connectivity index (χ0) is 22.7. The highest BCUT2D eigenvalue weighted by Gasteiger charge is 2.34. The predicted octanol–water partition coefficient (Wildman–Crippen LogP) is 6.90. The largest absolute Gasteiger partial charge is 0.306 e. The SMILES string of the molecule is c1ccc2c(c1)Cc1cc3c(cc1-2)Cc1cc2c(cc1-3)Cc1ccnc3c1N2c1cnccc1C3. The van der Waals surface area contributed by atoms with Gasteiger partial charge in [0.05, 0.1) is 29.0 Å². The monoisotopic (exact) mass is 447 g/mol. The molecule has 0 saturated carbocycles. The Morgan fingerprint density at radius 3 is 2.17 bits per heavy atom. The summed E-state index contributed by atoms with van der Waals surface area (Å²) in [7, 11) is 0. The molecule has 0 fully saturated rings. The van der Waals surface area contributed by atoms with Gasteiger partial charge in [-0.1, -0.05) is 24.3 Å². The van der Waals surface area contributed by atoms with Gasteiger partial charge in [-0.2, -0.15) is 0 Å². The van der Waals surface area contributed by atoms with Crippen LogP contribution in [0.4, 0.5) is 17.1 Å². The predicted molar refractivity (Wildman–Crippen MR) is 139 cm³/mol. The van der Waals surface area contributed by atoms with Gasteiger partial charge >= 0.3 is 0 Å². The van der Waals surface area contributed by atoms with E-state index in [1.165, 1.54) is 84.0 Å². The molecule has 0 saturated heterocycles. The maximum atomic E-state index is 4.78. The highest BCUT2D eigenvalue weighted by atomic mass is 15.2. The van der Waals surface area contributed by atoms with Crippen LogP contribution >= 0.6 is 0 Å². The fourth-order valence-corrected chi connectivity index (χ4v) is 6.86. The lowest BCUT2D eigenvalue weighted by Crippen LogP contribution is -2.25. The topological polar surface area (TPSA) is 29.0 Å². The molecule has 35 heavy (non-hydrogen) atoms. The average molecular weight is 448 g/mol. The molecule has 0 radical (unpaired) electrons. The number of hydrogen-bond donors (Lipinski definition) is 0. The van der Waals surface area contributed by atoms with Crippen LogP contribution in [0.3, 0.4) is 0 Å². The first-order valence-electron chi connectivity index (χ1n) is 12.4. The summed E-state index contributed by atoms with van der Waals surface area (Å²) in [6, 6.07) is 23.1. The van der Waals surface area contributed by atoms with E-state index in [4.69, 9.17) is 4.98 Å².